The van der Waals surface area contributed by atoms with Gasteiger partial charge in [-0.05, 0) is 70.4 Å². The number of fused-ring (bicyclic) bond motifs is 7. The maximum atomic E-state index is 6.61. The van der Waals surface area contributed by atoms with Gasteiger partial charge in [0.2, 0.25) is 0 Å². The van der Waals surface area contributed by atoms with E-state index in [4.69, 9.17) is 19.4 Å². The monoisotopic (exact) mass is 690 g/mol. The van der Waals surface area contributed by atoms with Crippen LogP contribution in [-0.2, 0) is 0 Å². The standard InChI is InChI=1S/C49H30N4O/c1-3-15-32(16-4-1)47-50-48(52-49(51-47)38-23-13-17-31-14-7-8-20-36(31)38)34-29-40(46-39-22-10-12-25-44(39)54-45(46)30-34)33-26-27-43-41(28-33)37-21-9-11-24-42(37)53(43)35-18-5-2-6-19-35/h1-30H. The van der Waals surface area contributed by atoms with Crippen molar-refractivity contribution in [1.29, 1.82) is 0 Å². The lowest BCUT2D eigenvalue weighted by Gasteiger charge is -2.12. The van der Waals surface area contributed by atoms with Crippen molar-refractivity contribution < 1.29 is 4.42 Å². The molecule has 0 radical (unpaired) electrons. The summed E-state index contributed by atoms with van der Waals surface area (Å²) in [5.74, 6) is 1.82. The largest absolute Gasteiger partial charge is 0.456 e. The van der Waals surface area contributed by atoms with Gasteiger partial charge in [0, 0.05) is 43.9 Å². The van der Waals surface area contributed by atoms with E-state index in [1.807, 2.05) is 42.5 Å². The van der Waals surface area contributed by atoms with Crippen LogP contribution in [0.4, 0.5) is 0 Å². The van der Waals surface area contributed by atoms with Crippen molar-refractivity contribution in [3.63, 3.8) is 0 Å². The van der Waals surface area contributed by atoms with Crippen molar-refractivity contribution in [1.82, 2.24) is 19.5 Å². The van der Waals surface area contributed by atoms with E-state index in [1.54, 1.807) is 0 Å². The molecule has 11 aromatic rings. The third-order valence-electron chi connectivity index (χ3n) is 10.4. The highest BCUT2D eigenvalue weighted by molar-refractivity contribution is 6.16. The van der Waals surface area contributed by atoms with Crippen molar-refractivity contribution in [3.8, 4) is 51.0 Å². The zero-order chi connectivity index (χ0) is 35.6. The summed E-state index contributed by atoms with van der Waals surface area (Å²) in [5.41, 5.74) is 9.95. The first-order chi connectivity index (χ1) is 26.8. The van der Waals surface area contributed by atoms with E-state index in [-0.39, 0.29) is 0 Å². The average molecular weight is 691 g/mol. The highest BCUT2D eigenvalue weighted by atomic mass is 16.3. The Morgan fingerprint density at radius 1 is 0.370 bits per heavy atom. The predicted octanol–water partition coefficient (Wildman–Crippen LogP) is 12.7. The first-order valence-corrected chi connectivity index (χ1v) is 18.1. The zero-order valence-electron chi connectivity index (χ0n) is 29.0. The summed E-state index contributed by atoms with van der Waals surface area (Å²) in [6.07, 6.45) is 0. The van der Waals surface area contributed by atoms with Crippen molar-refractivity contribution in [2.45, 2.75) is 0 Å². The molecule has 0 fully saturated rings. The zero-order valence-corrected chi connectivity index (χ0v) is 29.0. The number of aromatic nitrogens is 4. The smallest absolute Gasteiger partial charge is 0.164 e. The lowest BCUT2D eigenvalue weighted by molar-refractivity contribution is 0.669. The van der Waals surface area contributed by atoms with Gasteiger partial charge >= 0.3 is 0 Å². The van der Waals surface area contributed by atoms with Gasteiger partial charge in [0.25, 0.3) is 0 Å². The maximum Gasteiger partial charge on any atom is 0.164 e. The van der Waals surface area contributed by atoms with E-state index in [2.05, 4.69) is 144 Å². The molecule has 8 aromatic carbocycles. The lowest BCUT2D eigenvalue weighted by atomic mass is 9.95. The summed E-state index contributed by atoms with van der Waals surface area (Å²) < 4.78 is 8.95. The van der Waals surface area contributed by atoms with Crippen molar-refractivity contribution in [2.75, 3.05) is 0 Å². The van der Waals surface area contributed by atoms with E-state index < -0.39 is 0 Å². The molecule has 0 spiro atoms. The summed E-state index contributed by atoms with van der Waals surface area (Å²) in [6.45, 7) is 0. The minimum atomic E-state index is 0.581. The van der Waals surface area contributed by atoms with E-state index in [1.165, 1.54) is 16.3 Å². The predicted molar refractivity (Wildman–Crippen MR) is 221 cm³/mol. The molecule has 5 heteroatoms. The Hall–Kier alpha value is -7.37. The molecule has 11 rings (SSSR count). The van der Waals surface area contributed by atoms with Crippen LogP contribution in [0.15, 0.2) is 186 Å². The Labute approximate surface area is 310 Å². The number of para-hydroxylation sites is 3. The third kappa shape index (κ3) is 4.83. The van der Waals surface area contributed by atoms with Crippen LogP contribution in [0.1, 0.15) is 0 Å². The van der Waals surface area contributed by atoms with Gasteiger partial charge in [-0.25, -0.2) is 15.0 Å². The van der Waals surface area contributed by atoms with Gasteiger partial charge in [0.1, 0.15) is 11.2 Å². The Balaban J connectivity index is 1.18. The van der Waals surface area contributed by atoms with Gasteiger partial charge in [-0.3, -0.25) is 0 Å². The molecular formula is C49H30N4O. The van der Waals surface area contributed by atoms with E-state index in [0.29, 0.717) is 17.5 Å². The highest BCUT2D eigenvalue weighted by Gasteiger charge is 2.20. The van der Waals surface area contributed by atoms with Crippen LogP contribution in [0.2, 0.25) is 0 Å². The molecule has 0 unspecified atom stereocenters. The summed E-state index contributed by atoms with van der Waals surface area (Å²) >= 11 is 0. The summed E-state index contributed by atoms with van der Waals surface area (Å²) in [4.78, 5) is 15.4. The van der Waals surface area contributed by atoms with E-state index in [9.17, 15) is 0 Å². The molecule has 0 bridgehead atoms. The number of benzene rings is 8. The Kier molecular flexibility index (Phi) is 6.79. The molecule has 0 atom stereocenters. The minimum absolute atomic E-state index is 0.581. The number of rotatable bonds is 5. The molecule has 252 valence electrons. The topological polar surface area (TPSA) is 56.7 Å². The fourth-order valence-electron chi connectivity index (χ4n) is 7.97. The summed E-state index contributed by atoms with van der Waals surface area (Å²) in [6, 6.07) is 63.3. The van der Waals surface area contributed by atoms with Crippen LogP contribution in [-0.4, -0.2) is 19.5 Å². The normalized spacial score (nSPS) is 11.7. The number of hydrogen-bond acceptors (Lipinski definition) is 4. The fourth-order valence-corrected chi connectivity index (χ4v) is 7.97. The van der Waals surface area contributed by atoms with Crippen molar-refractivity contribution >= 4 is 54.5 Å². The first-order valence-electron chi connectivity index (χ1n) is 18.1. The highest BCUT2D eigenvalue weighted by Crippen LogP contribution is 2.42. The van der Waals surface area contributed by atoms with Gasteiger partial charge in [0.15, 0.2) is 17.5 Å². The van der Waals surface area contributed by atoms with Crippen LogP contribution in [0.5, 0.6) is 0 Å². The lowest BCUT2D eigenvalue weighted by Crippen LogP contribution is -2.00. The maximum absolute atomic E-state index is 6.61. The Morgan fingerprint density at radius 2 is 1.02 bits per heavy atom. The summed E-state index contributed by atoms with van der Waals surface area (Å²) in [7, 11) is 0. The molecule has 0 saturated carbocycles. The quantitative estimate of drug-likeness (QED) is 0.180. The molecule has 54 heavy (non-hydrogen) atoms. The Morgan fingerprint density at radius 3 is 1.87 bits per heavy atom. The SMILES string of the molecule is c1ccc(-c2nc(-c3cc(-c4ccc5c(c4)c4ccccc4n5-c4ccccc4)c4c(c3)oc3ccccc34)nc(-c3cccc4ccccc34)n2)cc1. The van der Waals surface area contributed by atoms with E-state index >= 15 is 0 Å². The van der Waals surface area contributed by atoms with Crippen LogP contribution in [0.3, 0.4) is 0 Å². The number of furan rings is 1. The second-order valence-electron chi connectivity index (χ2n) is 13.6. The van der Waals surface area contributed by atoms with Gasteiger partial charge in [-0.1, -0.05) is 133 Å². The second-order valence-corrected chi connectivity index (χ2v) is 13.6. The second kappa shape index (κ2) is 12.1. The van der Waals surface area contributed by atoms with Crippen LogP contribution >= 0.6 is 0 Å². The molecule has 0 aliphatic carbocycles. The van der Waals surface area contributed by atoms with Crippen molar-refractivity contribution in [2.24, 2.45) is 0 Å². The molecule has 3 heterocycles. The molecule has 0 saturated heterocycles. The van der Waals surface area contributed by atoms with E-state index in [0.717, 1.165) is 71.7 Å². The molecule has 5 nitrogen and oxygen atoms in total. The van der Waals surface area contributed by atoms with Crippen molar-refractivity contribution in [3.05, 3.63) is 182 Å². The third-order valence-corrected chi connectivity index (χ3v) is 10.4. The fraction of sp³-hybridized carbons (Fsp3) is 0. The van der Waals surface area contributed by atoms with Gasteiger partial charge in [-0.2, -0.15) is 0 Å². The molecular weight excluding hydrogens is 661 g/mol. The molecule has 0 amide bonds. The van der Waals surface area contributed by atoms with Gasteiger partial charge in [0.05, 0.1) is 11.0 Å². The molecule has 0 N–H and O–H groups in total. The number of hydrogen-bond donors (Lipinski definition) is 0. The Bertz CT molecular complexity index is 3210. The van der Waals surface area contributed by atoms with Crippen LogP contribution < -0.4 is 0 Å². The minimum Gasteiger partial charge on any atom is -0.456 e. The van der Waals surface area contributed by atoms with Crippen LogP contribution in [0.25, 0.3) is 105 Å². The average Bonchev–Trinajstić information content (AvgIpc) is 3.79. The molecule has 0 aliphatic heterocycles. The van der Waals surface area contributed by atoms with Gasteiger partial charge < -0.3 is 8.98 Å². The first kappa shape index (κ1) is 30.3. The number of nitrogens with zero attached hydrogens (tertiary/aromatic N) is 4. The van der Waals surface area contributed by atoms with Crippen LogP contribution in [0, 0.1) is 0 Å². The summed E-state index contributed by atoms with van der Waals surface area (Å²) in [5, 5.41) is 6.74. The molecule has 0 aliphatic rings. The molecule has 3 aromatic heterocycles. The van der Waals surface area contributed by atoms with Gasteiger partial charge in [-0.15, -0.1) is 0 Å².